The van der Waals surface area contributed by atoms with Crippen LogP contribution in [0.5, 0.6) is 0 Å². The van der Waals surface area contributed by atoms with Crippen LogP contribution in [-0.2, 0) is 9.53 Å². The van der Waals surface area contributed by atoms with E-state index in [1.165, 1.54) is 0 Å². The highest BCUT2D eigenvalue weighted by Gasteiger charge is 2.37. The van der Waals surface area contributed by atoms with Crippen LogP contribution in [0.2, 0.25) is 0 Å². The van der Waals surface area contributed by atoms with Gasteiger partial charge in [-0.25, -0.2) is 4.79 Å². The smallest absolute Gasteiger partial charge is 0.348 e. The third-order valence-electron chi connectivity index (χ3n) is 5.77. The van der Waals surface area contributed by atoms with Crippen molar-refractivity contribution in [2.24, 2.45) is 23.2 Å². The number of thiophene rings is 1. The number of carboxylic acids is 1. The van der Waals surface area contributed by atoms with Gasteiger partial charge in [-0.2, -0.15) is 0 Å². The first-order valence-electron chi connectivity index (χ1n) is 11.2. The molecule has 0 spiro atoms. The molecule has 1 N–H and O–H groups in total. The predicted octanol–water partition coefficient (Wildman–Crippen LogP) is 5.67. The fourth-order valence-electron chi connectivity index (χ4n) is 3.92. The second-order valence-corrected chi connectivity index (χ2v) is 11.1. The average molecular weight is 448 g/mol. The van der Waals surface area contributed by atoms with Gasteiger partial charge in [0.05, 0.1) is 23.2 Å². The third kappa shape index (κ3) is 6.82. The Bertz CT molecular complexity index is 832. The van der Waals surface area contributed by atoms with Gasteiger partial charge < -0.3 is 14.7 Å². The molecule has 1 fully saturated rings. The van der Waals surface area contributed by atoms with Crippen LogP contribution in [0, 0.1) is 35.0 Å². The Kier molecular flexibility index (Phi) is 8.73. The molecule has 0 saturated heterocycles. The minimum atomic E-state index is -1.03. The number of rotatable bonds is 7. The Morgan fingerprint density at radius 3 is 2.35 bits per heavy atom. The van der Waals surface area contributed by atoms with E-state index in [-0.39, 0.29) is 34.1 Å². The van der Waals surface area contributed by atoms with E-state index in [1.807, 2.05) is 34.6 Å². The van der Waals surface area contributed by atoms with Crippen LogP contribution in [0.1, 0.15) is 81.8 Å². The second kappa shape index (κ2) is 10.7. The van der Waals surface area contributed by atoms with Crippen molar-refractivity contribution in [3.8, 4) is 11.8 Å². The fraction of sp³-hybridized carbons (Fsp3) is 0.680. The van der Waals surface area contributed by atoms with E-state index in [4.69, 9.17) is 4.74 Å². The molecule has 0 aromatic carbocycles. The summed E-state index contributed by atoms with van der Waals surface area (Å²) < 4.78 is 5.46. The van der Waals surface area contributed by atoms with E-state index >= 15 is 0 Å². The van der Waals surface area contributed by atoms with Crippen LogP contribution in [0.15, 0.2) is 6.07 Å². The number of hydrogen-bond acceptors (Lipinski definition) is 4. The average Bonchev–Trinajstić information content (AvgIpc) is 3.10. The van der Waals surface area contributed by atoms with Crippen molar-refractivity contribution in [1.29, 1.82) is 0 Å². The lowest BCUT2D eigenvalue weighted by atomic mass is 9.82. The first-order chi connectivity index (χ1) is 14.4. The van der Waals surface area contributed by atoms with Crippen LogP contribution in [-0.4, -0.2) is 36.7 Å². The summed E-state index contributed by atoms with van der Waals surface area (Å²) in [5.41, 5.74) is 0.258. The van der Waals surface area contributed by atoms with Gasteiger partial charge in [0, 0.05) is 18.4 Å². The van der Waals surface area contributed by atoms with Gasteiger partial charge in [0.1, 0.15) is 4.88 Å². The highest BCUT2D eigenvalue weighted by molar-refractivity contribution is 7.15. The van der Waals surface area contributed by atoms with Gasteiger partial charge >= 0.3 is 5.97 Å². The molecular weight excluding hydrogens is 410 g/mol. The van der Waals surface area contributed by atoms with Gasteiger partial charge in [-0.3, -0.25) is 4.79 Å². The molecule has 1 aromatic heterocycles. The van der Waals surface area contributed by atoms with Crippen molar-refractivity contribution in [3.63, 3.8) is 0 Å². The van der Waals surface area contributed by atoms with Gasteiger partial charge in [-0.1, -0.05) is 32.6 Å². The summed E-state index contributed by atoms with van der Waals surface area (Å²) in [5, 5.41) is 9.93. The Balaban J connectivity index is 2.56. The molecule has 1 saturated carbocycles. The van der Waals surface area contributed by atoms with Crippen LogP contribution < -0.4 is 4.90 Å². The zero-order valence-corrected chi connectivity index (χ0v) is 20.8. The first kappa shape index (κ1) is 25.4. The molecule has 2 rings (SSSR count). The molecule has 1 aromatic rings. The van der Waals surface area contributed by atoms with E-state index in [1.54, 1.807) is 18.1 Å². The van der Waals surface area contributed by atoms with Crippen molar-refractivity contribution in [1.82, 2.24) is 0 Å². The second-order valence-electron chi connectivity index (χ2n) is 10.1. The number of anilines is 1. The molecule has 172 valence electrons. The van der Waals surface area contributed by atoms with E-state index in [2.05, 4.69) is 18.8 Å². The SMILES string of the molecule is COC[C@H](C(C)C)N(C(=O)C1CCC(C)CC1)c1cc(C#CC(C)(C)C)sc1C(=O)O. The number of methoxy groups -OCH3 is 1. The Morgan fingerprint density at radius 2 is 1.87 bits per heavy atom. The van der Waals surface area contributed by atoms with Crippen molar-refractivity contribution < 1.29 is 19.4 Å². The topological polar surface area (TPSA) is 66.8 Å². The van der Waals surface area contributed by atoms with E-state index in [9.17, 15) is 14.7 Å². The molecule has 31 heavy (non-hydrogen) atoms. The highest BCUT2D eigenvalue weighted by atomic mass is 32.1. The summed E-state index contributed by atoms with van der Waals surface area (Å²) in [4.78, 5) is 28.4. The number of carbonyl (C=O) groups excluding carboxylic acids is 1. The molecule has 0 bridgehead atoms. The normalized spacial score (nSPS) is 20.1. The van der Waals surface area contributed by atoms with Crippen LogP contribution in [0.25, 0.3) is 0 Å². The molecule has 0 radical (unpaired) electrons. The Hall–Kier alpha value is -1.84. The summed E-state index contributed by atoms with van der Waals surface area (Å²) >= 11 is 1.14. The van der Waals surface area contributed by atoms with Crippen molar-refractivity contribution in [2.75, 3.05) is 18.6 Å². The highest BCUT2D eigenvalue weighted by Crippen LogP contribution is 2.37. The van der Waals surface area contributed by atoms with Crippen molar-refractivity contribution in [3.05, 3.63) is 15.8 Å². The number of ether oxygens (including phenoxy) is 1. The van der Waals surface area contributed by atoms with Crippen LogP contribution in [0.4, 0.5) is 5.69 Å². The van der Waals surface area contributed by atoms with Crippen molar-refractivity contribution in [2.45, 2.75) is 73.3 Å². The molecule has 6 heteroatoms. The standard InChI is InChI=1S/C25H37NO4S/c1-16(2)21(15-30-7)26(23(27)18-10-8-17(3)9-11-18)20-14-19(12-13-25(4,5)6)31-22(20)24(28)29/h14,16-18,21H,8-11,15H2,1-7H3,(H,28,29)/t17?,18?,21-/m1/s1. The van der Waals surface area contributed by atoms with Gasteiger partial charge in [0.15, 0.2) is 0 Å². The lowest BCUT2D eigenvalue weighted by Gasteiger charge is -2.37. The minimum absolute atomic E-state index is 0.0123. The van der Waals surface area contributed by atoms with Crippen molar-refractivity contribution >= 4 is 28.9 Å². The molecule has 5 nitrogen and oxygen atoms in total. The summed E-state index contributed by atoms with van der Waals surface area (Å²) in [6.45, 7) is 12.7. The molecule has 1 heterocycles. The minimum Gasteiger partial charge on any atom is -0.477 e. The number of aromatic carboxylic acids is 1. The summed E-state index contributed by atoms with van der Waals surface area (Å²) in [6.07, 6.45) is 3.74. The fourth-order valence-corrected chi connectivity index (χ4v) is 4.77. The van der Waals surface area contributed by atoms with Gasteiger partial charge in [0.2, 0.25) is 5.91 Å². The maximum Gasteiger partial charge on any atom is 0.348 e. The number of hydrogen-bond donors (Lipinski definition) is 1. The summed E-state index contributed by atoms with van der Waals surface area (Å²) in [7, 11) is 1.62. The van der Waals surface area contributed by atoms with Gasteiger partial charge in [0.25, 0.3) is 0 Å². The van der Waals surface area contributed by atoms with Gasteiger partial charge in [-0.15, -0.1) is 11.3 Å². The number of amides is 1. The zero-order chi connectivity index (χ0) is 23.3. The van der Waals surface area contributed by atoms with E-state index in [0.717, 1.165) is 37.0 Å². The maximum atomic E-state index is 13.8. The quantitative estimate of drug-likeness (QED) is 0.547. The van der Waals surface area contributed by atoms with Gasteiger partial charge in [-0.05, 0) is 64.4 Å². The van der Waals surface area contributed by atoms with E-state index < -0.39 is 5.97 Å². The Morgan fingerprint density at radius 1 is 1.26 bits per heavy atom. The molecule has 0 unspecified atom stereocenters. The Labute approximate surface area is 191 Å². The molecule has 1 aliphatic rings. The third-order valence-corrected chi connectivity index (χ3v) is 6.80. The van der Waals surface area contributed by atoms with Crippen LogP contribution in [0.3, 0.4) is 0 Å². The van der Waals surface area contributed by atoms with E-state index in [0.29, 0.717) is 23.1 Å². The molecule has 1 amide bonds. The zero-order valence-electron chi connectivity index (χ0n) is 19.9. The molecule has 1 atom stereocenters. The molecular formula is C25H37NO4S. The monoisotopic (exact) mass is 447 g/mol. The molecule has 1 aliphatic carbocycles. The lowest BCUT2D eigenvalue weighted by molar-refractivity contribution is -0.124. The summed E-state index contributed by atoms with van der Waals surface area (Å²) in [5.74, 6) is 5.93. The maximum absolute atomic E-state index is 13.8. The molecule has 0 aliphatic heterocycles. The largest absolute Gasteiger partial charge is 0.477 e. The van der Waals surface area contributed by atoms with Crippen LogP contribution >= 0.6 is 11.3 Å². The number of carbonyl (C=O) groups is 2. The number of carboxylic acid groups (broad SMARTS) is 1. The number of nitrogens with zero attached hydrogens (tertiary/aromatic N) is 1. The predicted molar refractivity (Wildman–Crippen MR) is 127 cm³/mol. The first-order valence-corrected chi connectivity index (χ1v) is 12.0. The lowest BCUT2D eigenvalue weighted by Crippen LogP contribution is -2.49. The summed E-state index contributed by atoms with van der Waals surface area (Å²) in [6, 6.07) is 1.54.